The van der Waals surface area contributed by atoms with Gasteiger partial charge in [-0.15, -0.1) is 0 Å². The summed E-state index contributed by atoms with van der Waals surface area (Å²) in [6.45, 7) is 3.78. The Bertz CT molecular complexity index is 423. The van der Waals surface area contributed by atoms with Gasteiger partial charge >= 0.3 is 0 Å². The Labute approximate surface area is 116 Å². The fraction of sp³-hybridized carbons (Fsp3) is 0.462. The normalized spacial score (nSPS) is 10.8. The number of carbonyl (C=O) groups excluding carboxylic acids is 1. The Balaban J connectivity index is 2.68. The minimum absolute atomic E-state index is 0.0676. The highest BCUT2D eigenvalue weighted by atomic mass is 79.9. The highest BCUT2D eigenvalue weighted by molar-refractivity contribution is 9.10. The van der Waals surface area contributed by atoms with Crippen LogP contribution in [0.2, 0.25) is 0 Å². The molecule has 18 heavy (non-hydrogen) atoms. The fourth-order valence-corrected chi connectivity index (χ4v) is 1.93. The van der Waals surface area contributed by atoms with Crippen molar-refractivity contribution in [1.29, 1.82) is 0 Å². The first-order valence-electron chi connectivity index (χ1n) is 5.80. The van der Waals surface area contributed by atoms with Crippen molar-refractivity contribution in [2.24, 2.45) is 0 Å². The molecule has 1 amide bonds. The smallest absolute Gasteiger partial charge is 0.236 e. The van der Waals surface area contributed by atoms with Crippen LogP contribution in [0.3, 0.4) is 0 Å². The molecule has 0 bridgehead atoms. The second kappa shape index (κ2) is 6.85. The third-order valence-electron chi connectivity index (χ3n) is 2.70. The van der Waals surface area contributed by atoms with Crippen molar-refractivity contribution < 1.29 is 9.18 Å². The summed E-state index contributed by atoms with van der Waals surface area (Å²) < 4.78 is 13.6. The summed E-state index contributed by atoms with van der Waals surface area (Å²) in [5.41, 5.74) is 0.983. The molecule has 0 radical (unpaired) electrons. The first-order chi connectivity index (χ1) is 8.43. The summed E-state index contributed by atoms with van der Waals surface area (Å²) in [7, 11) is 3.48. The predicted octanol–water partition coefficient (Wildman–Crippen LogP) is 2.50. The Morgan fingerprint density at radius 2 is 2.06 bits per heavy atom. The lowest BCUT2D eigenvalue weighted by Crippen LogP contribution is -2.36. The van der Waals surface area contributed by atoms with Crippen molar-refractivity contribution in [2.45, 2.75) is 13.5 Å². The van der Waals surface area contributed by atoms with Crippen LogP contribution in [0.25, 0.3) is 0 Å². The molecule has 0 N–H and O–H groups in total. The van der Waals surface area contributed by atoms with Gasteiger partial charge in [-0.3, -0.25) is 9.69 Å². The van der Waals surface area contributed by atoms with Crippen LogP contribution in [-0.2, 0) is 11.3 Å². The van der Waals surface area contributed by atoms with Crippen LogP contribution in [0.15, 0.2) is 22.7 Å². The number of halogens is 2. The molecule has 0 saturated carbocycles. The van der Waals surface area contributed by atoms with Gasteiger partial charge in [-0.2, -0.15) is 0 Å². The highest BCUT2D eigenvalue weighted by Crippen LogP contribution is 2.17. The van der Waals surface area contributed by atoms with Gasteiger partial charge in [-0.1, -0.05) is 13.0 Å². The summed E-state index contributed by atoms with van der Waals surface area (Å²) >= 11 is 3.16. The molecule has 5 heteroatoms. The Kier molecular flexibility index (Phi) is 5.75. The zero-order chi connectivity index (χ0) is 13.7. The molecule has 0 aliphatic heterocycles. The summed E-state index contributed by atoms with van der Waals surface area (Å²) in [4.78, 5) is 15.2. The maximum Gasteiger partial charge on any atom is 0.236 e. The zero-order valence-electron chi connectivity index (χ0n) is 10.9. The molecule has 0 unspecified atom stereocenters. The monoisotopic (exact) mass is 316 g/mol. The quantitative estimate of drug-likeness (QED) is 0.833. The van der Waals surface area contributed by atoms with Crippen molar-refractivity contribution in [1.82, 2.24) is 9.80 Å². The third-order valence-corrected chi connectivity index (χ3v) is 3.30. The lowest BCUT2D eigenvalue weighted by molar-refractivity contribution is -0.130. The van der Waals surface area contributed by atoms with E-state index in [1.54, 1.807) is 31.1 Å². The lowest BCUT2D eigenvalue weighted by Gasteiger charge is -2.22. The number of hydrogen-bond acceptors (Lipinski definition) is 2. The predicted molar refractivity (Wildman–Crippen MR) is 73.7 cm³/mol. The summed E-state index contributed by atoms with van der Waals surface area (Å²) in [5.74, 6) is -0.204. The van der Waals surface area contributed by atoms with E-state index in [-0.39, 0.29) is 11.7 Å². The average molecular weight is 317 g/mol. The molecule has 0 spiro atoms. The number of amides is 1. The number of hydrogen-bond donors (Lipinski definition) is 0. The number of rotatable bonds is 5. The van der Waals surface area contributed by atoms with E-state index >= 15 is 0 Å². The van der Waals surface area contributed by atoms with Crippen molar-refractivity contribution >= 4 is 21.8 Å². The Morgan fingerprint density at radius 1 is 1.39 bits per heavy atom. The van der Waals surface area contributed by atoms with E-state index < -0.39 is 0 Å². The fourth-order valence-electron chi connectivity index (χ4n) is 1.51. The van der Waals surface area contributed by atoms with Gasteiger partial charge < -0.3 is 4.90 Å². The number of likely N-dealkylation sites (N-methyl/N-ethyl adjacent to an activating group) is 2. The van der Waals surface area contributed by atoms with Gasteiger partial charge in [-0.25, -0.2) is 4.39 Å². The molecule has 0 saturated heterocycles. The van der Waals surface area contributed by atoms with Crippen LogP contribution in [0, 0.1) is 5.82 Å². The molecular formula is C13H18BrFN2O. The largest absolute Gasteiger partial charge is 0.348 e. The van der Waals surface area contributed by atoms with Gasteiger partial charge in [0.15, 0.2) is 0 Å². The standard InChI is InChI=1S/C13H18BrFN2O/c1-4-17(9-13(18)16(2)3)8-10-5-6-12(15)11(14)7-10/h5-7H,4,8-9H2,1-3H3. The molecule has 0 aromatic heterocycles. The number of nitrogens with zero attached hydrogens (tertiary/aromatic N) is 2. The van der Waals surface area contributed by atoms with Crippen LogP contribution < -0.4 is 0 Å². The van der Waals surface area contributed by atoms with Crippen molar-refractivity contribution in [2.75, 3.05) is 27.2 Å². The van der Waals surface area contributed by atoms with Gasteiger partial charge in [0.1, 0.15) is 5.82 Å². The number of benzene rings is 1. The van der Waals surface area contributed by atoms with Crippen LogP contribution in [0.5, 0.6) is 0 Å². The zero-order valence-corrected chi connectivity index (χ0v) is 12.5. The van der Waals surface area contributed by atoms with Gasteiger partial charge in [0.25, 0.3) is 0 Å². The molecule has 0 fully saturated rings. The molecule has 3 nitrogen and oxygen atoms in total. The average Bonchev–Trinajstić information content (AvgIpc) is 2.32. The third kappa shape index (κ3) is 4.38. The van der Waals surface area contributed by atoms with E-state index in [1.165, 1.54) is 6.07 Å². The van der Waals surface area contributed by atoms with E-state index in [2.05, 4.69) is 15.9 Å². The Hall–Kier alpha value is -0.940. The van der Waals surface area contributed by atoms with E-state index in [9.17, 15) is 9.18 Å². The van der Waals surface area contributed by atoms with Crippen molar-refractivity contribution in [3.63, 3.8) is 0 Å². The highest BCUT2D eigenvalue weighted by Gasteiger charge is 2.11. The molecule has 0 aliphatic rings. The maximum absolute atomic E-state index is 13.1. The summed E-state index contributed by atoms with van der Waals surface area (Å²) in [5, 5.41) is 0. The summed E-state index contributed by atoms with van der Waals surface area (Å²) in [6.07, 6.45) is 0. The molecule has 0 aliphatic carbocycles. The first-order valence-corrected chi connectivity index (χ1v) is 6.59. The van der Waals surface area contributed by atoms with E-state index in [1.807, 2.05) is 11.8 Å². The molecule has 1 rings (SSSR count). The molecule has 100 valence electrons. The van der Waals surface area contributed by atoms with Crippen LogP contribution in [-0.4, -0.2) is 42.9 Å². The molecule has 0 atom stereocenters. The van der Waals surface area contributed by atoms with Crippen molar-refractivity contribution in [3.8, 4) is 0 Å². The van der Waals surface area contributed by atoms with E-state index in [0.717, 1.165) is 12.1 Å². The van der Waals surface area contributed by atoms with Crippen LogP contribution in [0.4, 0.5) is 4.39 Å². The van der Waals surface area contributed by atoms with Gasteiger partial charge in [0, 0.05) is 20.6 Å². The molecular weight excluding hydrogens is 299 g/mol. The van der Waals surface area contributed by atoms with Crippen molar-refractivity contribution in [3.05, 3.63) is 34.1 Å². The maximum atomic E-state index is 13.1. The first kappa shape index (κ1) is 15.1. The SMILES string of the molecule is CCN(CC(=O)N(C)C)Cc1ccc(F)c(Br)c1. The van der Waals surface area contributed by atoms with Gasteiger partial charge in [0.2, 0.25) is 5.91 Å². The minimum Gasteiger partial charge on any atom is -0.348 e. The van der Waals surface area contributed by atoms with Gasteiger partial charge in [-0.05, 0) is 40.2 Å². The minimum atomic E-state index is -0.272. The second-order valence-corrected chi connectivity index (χ2v) is 5.19. The second-order valence-electron chi connectivity index (χ2n) is 4.34. The number of carbonyl (C=O) groups is 1. The molecule has 1 aromatic rings. The van der Waals surface area contributed by atoms with E-state index in [4.69, 9.17) is 0 Å². The van der Waals surface area contributed by atoms with Gasteiger partial charge in [0.05, 0.1) is 11.0 Å². The van der Waals surface area contributed by atoms with Crippen LogP contribution >= 0.6 is 15.9 Å². The van der Waals surface area contributed by atoms with Crippen LogP contribution in [0.1, 0.15) is 12.5 Å². The van der Waals surface area contributed by atoms with E-state index in [0.29, 0.717) is 17.6 Å². The topological polar surface area (TPSA) is 23.6 Å². The lowest BCUT2D eigenvalue weighted by atomic mass is 10.2. The molecule has 1 aromatic carbocycles. The summed E-state index contributed by atoms with van der Waals surface area (Å²) in [6, 6.07) is 4.92. The molecule has 0 heterocycles. The Morgan fingerprint density at radius 3 is 2.56 bits per heavy atom.